The van der Waals surface area contributed by atoms with Crippen molar-refractivity contribution in [1.82, 2.24) is 14.1 Å². The maximum Gasteiger partial charge on any atom is 0.257 e. The number of fused-ring (bicyclic) bond motifs is 1. The number of sulfonamides is 1. The second kappa shape index (κ2) is 9.00. The minimum absolute atomic E-state index is 0.0415. The van der Waals surface area contributed by atoms with Crippen LogP contribution in [0, 0.1) is 6.92 Å². The summed E-state index contributed by atoms with van der Waals surface area (Å²) in [6, 6.07) is 14.5. The van der Waals surface area contributed by atoms with Crippen LogP contribution < -0.4 is 5.32 Å². The molecule has 2 aromatic carbocycles. The topological polar surface area (TPSA) is 84.3 Å². The number of piperidine rings is 1. The lowest BCUT2D eigenvalue weighted by molar-refractivity contribution is 0.102. The van der Waals surface area contributed by atoms with Crippen LogP contribution >= 0.6 is 0 Å². The molecule has 1 atom stereocenters. The minimum atomic E-state index is -3.67. The molecule has 1 N–H and O–H groups in total. The molecule has 7 nitrogen and oxygen atoms in total. The molecule has 1 aliphatic heterocycles. The van der Waals surface area contributed by atoms with Crippen molar-refractivity contribution in [2.45, 2.75) is 63.3 Å². The van der Waals surface area contributed by atoms with Gasteiger partial charge in [0, 0.05) is 23.7 Å². The SMILES string of the molecule is Cc1ccc(S(=O)(=O)N2CCCCC2C)cc1C(=O)Nc1c2c(nn1-c1ccccc1)CCC2. The first-order valence-electron chi connectivity index (χ1n) is 12.0. The summed E-state index contributed by atoms with van der Waals surface area (Å²) < 4.78 is 30.1. The van der Waals surface area contributed by atoms with Crippen LogP contribution in [-0.4, -0.2) is 41.0 Å². The Hall–Kier alpha value is -2.97. The molecule has 3 aromatic rings. The van der Waals surface area contributed by atoms with E-state index in [-0.39, 0.29) is 16.8 Å². The zero-order valence-corrected chi connectivity index (χ0v) is 20.4. The molecule has 0 spiro atoms. The van der Waals surface area contributed by atoms with Gasteiger partial charge >= 0.3 is 0 Å². The third-order valence-corrected chi connectivity index (χ3v) is 8.95. The van der Waals surface area contributed by atoms with Gasteiger partial charge in [-0.05, 0) is 75.8 Å². The number of rotatable bonds is 5. The number of nitrogens with one attached hydrogen (secondary N) is 1. The lowest BCUT2D eigenvalue weighted by atomic mass is 10.1. The Morgan fingerprint density at radius 3 is 2.62 bits per heavy atom. The van der Waals surface area contributed by atoms with Gasteiger partial charge in [0.15, 0.2) is 0 Å². The molecule has 0 bridgehead atoms. The molecule has 5 rings (SSSR count). The molecular weight excluding hydrogens is 448 g/mol. The summed E-state index contributed by atoms with van der Waals surface area (Å²) in [7, 11) is -3.67. The van der Waals surface area contributed by atoms with E-state index < -0.39 is 10.0 Å². The number of carbonyl (C=O) groups is 1. The Morgan fingerprint density at radius 1 is 1.06 bits per heavy atom. The van der Waals surface area contributed by atoms with Crippen LogP contribution in [-0.2, 0) is 22.9 Å². The Kier molecular flexibility index (Phi) is 6.04. The summed E-state index contributed by atoms with van der Waals surface area (Å²) in [5.41, 5.74) is 4.02. The average molecular weight is 479 g/mol. The molecule has 2 heterocycles. The van der Waals surface area contributed by atoms with Gasteiger partial charge in [0.05, 0.1) is 16.3 Å². The van der Waals surface area contributed by atoms with Crippen molar-refractivity contribution in [3.63, 3.8) is 0 Å². The Labute approximate surface area is 200 Å². The van der Waals surface area contributed by atoms with Crippen LogP contribution in [0.1, 0.15) is 59.8 Å². The first-order chi connectivity index (χ1) is 16.4. The molecule has 1 aliphatic carbocycles. The molecule has 0 saturated carbocycles. The number of anilines is 1. The third-order valence-electron chi connectivity index (χ3n) is 6.94. The molecule has 8 heteroatoms. The maximum atomic E-state index is 13.5. The normalized spacial score (nSPS) is 18.6. The molecule has 1 aromatic heterocycles. The lowest BCUT2D eigenvalue weighted by Crippen LogP contribution is -2.42. The van der Waals surface area contributed by atoms with Gasteiger partial charge < -0.3 is 5.32 Å². The molecule has 1 saturated heterocycles. The number of hydrogen-bond donors (Lipinski definition) is 1. The highest BCUT2D eigenvalue weighted by atomic mass is 32.2. The van der Waals surface area contributed by atoms with Crippen LogP contribution in [0.15, 0.2) is 53.4 Å². The van der Waals surface area contributed by atoms with E-state index >= 15 is 0 Å². The maximum absolute atomic E-state index is 13.5. The smallest absolute Gasteiger partial charge is 0.257 e. The largest absolute Gasteiger partial charge is 0.306 e. The van der Waals surface area contributed by atoms with E-state index in [2.05, 4.69) is 5.32 Å². The molecule has 178 valence electrons. The van der Waals surface area contributed by atoms with Crippen molar-refractivity contribution in [3.8, 4) is 5.69 Å². The standard InChI is InChI=1S/C26H30N4O3S/c1-18-14-15-21(34(32,33)29-16-7-6-9-19(29)2)17-23(18)26(31)27-25-22-12-8-13-24(22)28-30(25)20-10-4-3-5-11-20/h3-5,10-11,14-15,17,19H,6-9,12-13,16H2,1-2H3,(H,27,31). The predicted molar refractivity (Wildman–Crippen MR) is 132 cm³/mol. The van der Waals surface area contributed by atoms with E-state index in [4.69, 9.17) is 5.10 Å². The van der Waals surface area contributed by atoms with Crippen LogP contribution in [0.4, 0.5) is 5.82 Å². The van der Waals surface area contributed by atoms with Gasteiger partial charge in [-0.3, -0.25) is 4.79 Å². The second-order valence-electron chi connectivity index (χ2n) is 9.27. The fourth-order valence-electron chi connectivity index (χ4n) is 5.02. The first kappa shape index (κ1) is 22.8. The van der Waals surface area contributed by atoms with Crippen LogP contribution in [0.3, 0.4) is 0 Å². The van der Waals surface area contributed by atoms with Crippen molar-refractivity contribution < 1.29 is 13.2 Å². The van der Waals surface area contributed by atoms with Gasteiger partial charge in [0.25, 0.3) is 5.91 Å². The molecule has 1 fully saturated rings. The number of amides is 1. The molecule has 1 unspecified atom stereocenters. The van der Waals surface area contributed by atoms with Crippen molar-refractivity contribution in [2.24, 2.45) is 0 Å². The molecule has 34 heavy (non-hydrogen) atoms. The van der Waals surface area contributed by atoms with Crippen molar-refractivity contribution in [2.75, 3.05) is 11.9 Å². The number of para-hydroxylation sites is 1. The van der Waals surface area contributed by atoms with E-state index in [1.54, 1.807) is 21.1 Å². The van der Waals surface area contributed by atoms with Crippen LogP contribution in [0.2, 0.25) is 0 Å². The monoisotopic (exact) mass is 478 g/mol. The third kappa shape index (κ3) is 4.05. The van der Waals surface area contributed by atoms with Gasteiger partial charge in [0.2, 0.25) is 10.0 Å². The predicted octanol–water partition coefficient (Wildman–Crippen LogP) is 4.48. The number of aryl methyl sites for hydroxylation is 2. The van der Waals surface area contributed by atoms with E-state index in [9.17, 15) is 13.2 Å². The van der Waals surface area contributed by atoms with Crippen LogP contribution in [0.5, 0.6) is 0 Å². The highest BCUT2D eigenvalue weighted by molar-refractivity contribution is 7.89. The zero-order valence-electron chi connectivity index (χ0n) is 19.6. The Morgan fingerprint density at radius 2 is 1.85 bits per heavy atom. The average Bonchev–Trinajstić information content (AvgIpc) is 3.42. The fraction of sp³-hybridized carbons (Fsp3) is 0.385. The number of hydrogen-bond acceptors (Lipinski definition) is 4. The summed E-state index contributed by atoms with van der Waals surface area (Å²) in [5, 5.41) is 7.82. The highest BCUT2D eigenvalue weighted by Crippen LogP contribution is 2.32. The van der Waals surface area contributed by atoms with Gasteiger partial charge in [0.1, 0.15) is 5.82 Å². The minimum Gasteiger partial charge on any atom is -0.306 e. The van der Waals surface area contributed by atoms with E-state index in [0.717, 1.165) is 61.0 Å². The fourth-order valence-corrected chi connectivity index (χ4v) is 6.75. The summed E-state index contributed by atoms with van der Waals surface area (Å²) >= 11 is 0. The van der Waals surface area contributed by atoms with Crippen molar-refractivity contribution in [3.05, 3.63) is 70.9 Å². The summed E-state index contributed by atoms with van der Waals surface area (Å²) in [6.45, 7) is 4.29. The van der Waals surface area contributed by atoms with Gasteiger partial charge in [-0.15, -0.1) is 0 Å². The summed E-state index contributed by atoms with van der Waals surface area (Å²) in [4.78, 5) is 13.6. The van der Waals surface area contributed by atoms with Crippen molar-refractivity contribution in [1.29, 1.82) is 0 Å². The van der Waals surface area contributed by atoms with Crippen LogP contribution in [0.25, 0.3) is 5.69 Å². The van der Waals surface area contributed by atoms with E-state index in [1.807, 2.05) is 44.2 Å². The van der Waals surface area contributed by atoms with E-state index in [1.165, 1.54) is 6.07 Å². The number of benzene rings is 2. The van der Waals surface area contributed by atoms with Gasteiger partial charge in [-0.25, -0.2) is 13.1 Å². The zero-order chi connectivity index (χ0) is 23.9. The molecule has 0 radical (unpaired) electrons. The van der Waals surface area contributed by atoms with Crippen molar-refractivity contribution >= 4 is 21.7 Å². The Balaban J connectivity index is 1.49. The lowest BCUT2D eigenvalue weighted by Gasteiger charge is -2.32. The molecule has 1 amide bonds. The highest BCUT2D eigenvalue weighted by Gasteiger charge is 2.32. The first-order valence-corrected chi connectivity index (χ1v) is 13.4. The van der Waals surface area contributed by atoms with Gasteiger partial charge in [-0.1, -0.05) is 30.7 Å². The number of nitrogens with zero attached hydrogens (tertiary/aromatic N) is 3. The summed E-state index contributed by atoms with van der Waals surface area (Å²) in [6.07, 6.45) is 5.51. The molecular formula is C26H30N4O3S. The number of carbonyl (C=O) groups excluding carboxylic acids is 1. The second-order valence-corrected chi connectivity index (χ2v) is 11.2. The number of aromatic nitrogens is 2. The quantitative estimate of drug-likeness (QED) is 0.586. The van der Waals surface area contributed by atoms with Gasteiger partial charge in [-0.2, -0.15) is 9.40 Å². The van der Waals surface area contributed by atoms with E-state index in [0.29, 0.717) is 17.9 Å². The summed E-state index contributed by atoms with van der Waals surface area (Å²) in [5.74, 6) is 0.342. The molecule has 2 aliphatic rings. The Bertz CT molecular complexity index is 1330.